The van der Waals surface area contributed by atoms with Crippen LogP contribution in [0.1, 0.15) is 56.6 Å². The molecule has 1 unspecified atom stereocenters. The molecule has 10 nitrogen and oxygen atoms in total. The summed E-state index contributed by atoms with van der Waals surface area (Å²) < 4.78 is 15.6. The molecule has 0 bridgehead atoms. The number of hydrogen-bond acceptors (Lipinski definition) is 7. The number of aliphatic hydroxyl groups is 1. The maximum absolute atomic E-state index is 13.6. The van der Waals surface area contributed by atoms with Gasteiger partial charge in [-0.05, 0) is 62.4 Å². The average molecular weight is 572 g/mol. The monoisotopic (exact) mass is 571 g/mol. The zero-order chi connectivity index (χ0) is 29.8. The lowest BCUT2D eigenvalue weighted by atomic mass is 9.95. The van der Waals surface area contributed by atoms with Crippen LogP contribution in [0.4, 0.5) is 0 Å². The second kappa shape index (κ2) is 12.5. The average Bonchev–Trinajstić information content (AvgIpc) is 3.66. The Kier molecular flexibility index (Phi) is 8.61. The highest BCUT2D eigenvalue weighted by Gasteiger charge is 2.46. The van der Waals surface area contributed by atoms with E-state index in [0.717, 1.165) is 6.42 Å². The van der Waals surface area contributed by atoms with Gasteiger partial charge < -0.3 is 24.0 Å². The number of aliphatic hydroxyl groups excluding tert-OH is 1. The number of ether oxygens (including phenoxy) is 2. The first-order chi connectivity index (χ1) is 20.3. The maximum atomic E-state index is 13.6. The molecule has 1 aliphatic heterocycles. The van der Waals surface area contributed by atoms with Crippen molar-refractivity contribution in [3.8, 4) is 11.5 Å². The number of hydrogen-bond donors (Lipinski definition) is 1. The van der Waals surface area contributed by atoms with Gasteiger partial charge in [-0.1, -0.05) is 26.0 Å². The minimum atomic E-state index is -0.828. The highest BCUT2D eigenvalue weighted by molar-refractivity contribution is 6.46. The van der Waals surface area contributed by atoms with E-state index in [2.05, 4.69) is 23.8 Å². The van der Waals surface area contributed by atoms with Gasteiger partial charge in [0.25, 0.3) is 11.7 Å². The van der Waals surface area contributed by atoms with Gasteiger partial charge in [0.15, 0.2) is 17.3 Å². The molecule has 0 spiro atoms. The number of aryl methyl sites for hydroxylation is 2. The molecule has 0 aliphatic carbocycles. The van der Waals surface area contributed by atoms with Gasteiger partial charge in [-0.2, -0.15) is 0 Å². The molecule has 4 heterocycles. The molecule has 10 heteroatoms. The smallest absolute Gasteiger partial charge is 0.295 e. The van der Waals surface area contributed by atoms with Crippen molar-refractivity contribution >= 4 is 23.1 Å². The van der Waals surface area contributed by atoms with E-state index in [4.69, 9.17) is 9.47 Å². The number of carbonyl (C=O) groups is 2. The number of amides is 1. The lowest BCUT2D eigenvalue weighted by Crippen LogP contribution is -2.31. The van der Waals surface area contributed by atoms with Crippen LogP contribution < -0.4 is 9.47 Å². The Hall–Kier alpha value is -4.60. The molecule has 4 aromatic rings. The van der Waals surface area contributed by atoms with Gasteiger partial charge in [0, 0.05) is 31.7 Å². The first-order valence-corrected chi connectivity index (χ1v) is 14.4. The van der Waals surface area contributed by atoms with E-state index in [0.29, 0.717) is 72.7 Å². The van der Waals surface area contributed by atoms with Crippen molar-refractivity contribution in [2.45, 2.75) is 53.1 Å². The predicted molar refractivity (Wildman–Crippen MR) is 158 cm³/mol. The Labute approximate surface area is 245 Å². The molecule has 1 saturated heterocycles. The van der Waals surface area contributed by atoms with Gasteiger partial charge in [0.1, 0.15) is 11.3 Å². The third-order valence-electron chi connectivity index (χ3n) is 7.38. The van der Waals surface area contributed by atoms with E-state index in [-0.39, 0.29) is 11.3 Å². The Morgan fingerprint density at radius 3 is 2.64 bits per heavy atom. The van der Waals surface area contributed by atoms with Gasteiger partial charge in [0.2, 0.25) is 0 Å². The van der Waals surface area contributed by atoms with Crippen molar-refractivity contribution in [2.24, 2.45) is 5.92 Å². The standard InChI is InChI=1S/C32H37N5O5/c1-5-41-25-19-23(10-11-24(25)42-18-12-21(2)3)29-27(30(38)28-22(4)34-26-9-6-7-15-36(26)28)31(39)32(40)37(29)16-8-14-35-17-13-33-20-35/h6-7,9-11,13,15,17,19-21,29,38H,5,8,12,14,16,18H2,1-4H3/b30-27+. The molecule has 1 fully saturated rings. The molecule has 1 aromatic carbocycles. The number of rotatable bonds is 12. The van der Waals surface area contributed by atoms with Crippen LogP contribution >= 0.6 is 0 Å². The number of carbonyl (C=O) groups excluding carboxylic acids is 2. The van der Waals surface area contributed by atoms with Crippen LogP contribution in [0.3, 0.4) is 0 Å². The third kappa shape index (κ3) is 5.74. The summed E-state index contributed by atoms with van der Waals surface area (Å²) in [6.07, 6.45) is 8.52. The summed E-state index contributed by atoms with van der Waals surface area (Å²) in [6, 6.07) is 10.1. The summed E-state index contributed by atoms with van der Waals surface area (Å²) in [4.78, 5) is 37.3. The lowest BCUT2D eigenvalue weighted by Gasteiger charge is -2.26. The molecule has 1 amide bonds. The normalized spacial score (nSPS) is 16.6. The van der Waals surface area contributed by atoms with Crippen LogP contribution in [0.25, 0.3) is 11.4 Å². The van der Waals surface area contributed by atoms with Crippen LogP contribution in [-0.2, 0) is 16.1 Å². The van der Waals surface area contributed by atoms with Crippen molar-refractivity contribution in [3.63, 3.8) is 0 Å². The number of nitrogens with zero attached hydrogens (tertiary/aromatic N) is 5. The number of Topliss-reactive ketones (excluding diaryl/α,β-unsaturated/α-hetero) is 1. The van der Waals surface area contributed by atoms with E-state index >= 15 is 0 Å². The van der Waals surface area contributed by atoms with E-state index in [9.17, 15) is 14.7 Å². The Bertz CT molecular complexity index is 1600. The second-order valence-electron chi connectivity index (χ2n) is 10.8. The summed E-state index contributed by atoms with van der Waals surface area (Å²) in [5.74, 6) is -0.0500. The molecule has 220 valence electrons. The SMILES string of the molecule is CCOc1cc(C2/C(=C(\O)c3c(C)nc4ccccn34)C(=O)C(=O)N2CCCn2ccnc2)ccc1OCCC(C)C. The van der Waals surface area contributed by atoms with Crippen LogP contribution in [0.15, 0.2) is 66.9 Å². The van der Waals surface area contributed by atoms with Gasteiger partial charge in [-0.25, -0.2) is 9.97 Å². The number of likely N-dealkylation sites (tertiary alicyclic amines) is 1. The molecule has 3 aromatic heterocycles. The number of fused-ring (bicyclic) bond motifs is 1. The van der Waals surface area contributed by atoms with Gasteiger partial charge in [0.05, 0.1) is 36.8 Å². The van der Waals surface area contributed by atoms with E-state index in [1.165, 1.54) is 4.90 Å². The van der Waals surface area contributed by atoms with E-state index in [1.54, 1.807) is 30.0 Å². The minimum Gasteiger partial charge on any atom is -0.505 e. The zero-order valence-corrected chi connectivity index (χ0v) is 24.5. The van der Waals surface area contributed by atoms with Gasteiger partial charge in [-0.3, -0.25) is 14.0 Å². The fourth-order valence-electron chi connectivity index (χ4n) is 5.31. The van der Waals surface area contributed by atoms with Crippen LogP contribution in [0.2, 0.25) is 0 Å². The molecular formula is C32H37N5O5. The van der Waals surface area contributed by atoms with Crippen molar-refractivity contribution in [3.05, 3.63) is 83.8 Å². The third-order valence-corrected chi connectivity index (χ3v) is 7.38. The highest BCUT2D eigenvalue weighted by Crippen LogP contribution is 2.42. The van der Waals surface area contributed by atoms with Crippen LogP contribution in [0.5, 0.6) is 11.5 Å². The summed E-state index contributed by atoms with van der Waals surface area (Å²) >= 11 is 0. The number of ketones is 1. The molecule has 1 aliphatic rings. The van der Waals surface area contributed by atoms with Crippen molar-refractivity contribution < 1.29 is 24.2 Å². The molecular weight excluding hydrogens is 534 g/mol. The topological polar surface area (TPSA) is 111 Å². The first kappa shape index (κ1) is 28.9. The van der Waals surface area contributed by atoms with Crippen molar-refractivity contribution in [1.29, 1.82) is 0 Å². The predicted octanol–water partition coefficient (Wildman–Crippen LogP) is 5.17. The maximum Gasteiger partial charge on any atom is 0.295 e. The molecule has 1 N–H and O–H groups in total. The van der Waals surface area contributed by atoms with Crippen molar-refractivity contribution in [2.75, 3.05) is 19.8 Å². The highest BCUT2D eigenvalue weighted by atomic mass is 16.5. The fourth-order valence-corrected chi connectivity index (χ4v) is 5.31. The second-order valence-corrected chi connectivity index (χ2v) is 10.8. The zero-order valence-electron chi connectivity index (χ0n) is 24.5. The van der Waals surface area contributed by atoms with Crippen molar-refractivity contribution in [1.82, 2.24) is 23.8 Å². The molecule has 1 atom stereocenters. The van der Waals surface area contributed by atoms with E-state index in [1.807, 2.05) is 54.1 Å². The van der Waals surface area contributed by atoms with Crippen LogP contribution in [0, 0.1) is 12.8 Å². The van der Waals surface area contributed by atoms with Gasteiger partial charge >= 0.3 is 0 Å². The largest absolute Gasteiger partial charge is 0.505 e. The molecule has 42 heavy (non-hydrogen) atoms. The summed E-state index contributed by atoms with van der Waals surface area (Å²) in [6.45, 7) is 9.80. The van der Waals surface area contributed by atoms with Gasteiger partial charge in [-0.15, -0.1) is 0 Å². The molecule has 0 radical (unpaired) electrons. The fraction of sp³-hybridized carbons (Fsp3) is 0.375. The number of imidazole rings is 2. The first-order valence-electron chi connectivity index (χ1n) is 14.4. The summed E-state index contributed by atoms with van der Waals surface area (Å²) in [7, 11) is 0. The summed E-state index contributed by atoms with van der Waals surface area (Å²) in [5, 5.41) is 11.7. The Morgan fingerprint density at radius 2 is 1.90 bits per heavy atom. The molecule has 0 saturated carbocycles. The minimum absolute atomic E-state index is 0.0207. The Balaban J connectivity index is 1.59. The van der Waals surface area contributed by atoms with Crippen LogP contribution in [-0.4, -0.2) is 60.4 Å². The summed E-state index contributed by atoms with van der Waals surface area (Å²) in [5.41, 5.74) is 2.22. The number of pyridine rings is 1. The number of benzene rings is 1. The Morgan fingerprint density at radius 1 is 1.07 bits per heavy atom. The van der Waals surface area contributed by atoms with E-state index < -0.39 is 17.7 Å². The quantitative estimate of drug-likeness (QED) is 0.142. The lowest BCUT2D eigenvalue weighted by molar-refractivity contribution is -0.139. The number of aromatic nitrogens is 4. The molecule has 5 rings (SSSR count).